The molecule has 126 valence electrons. The Kier molecular flexibility index (Phi) is 11.5. The molecule has 1 heterocycles. The molecule has 1 fully saturated rings. The van der Waals surface area contributed by atoms with Crippen LogP contribution in [-0.2, 0) is 18.5 Å². The molecular formula is C14H29O6P. The summed E-state index contributed by atoms with van der Waals surface area (Å²) in [7, 11) is 0.774. The highest BCUT2D eigenvalue weighted by molar-refractivity contribution is 7.50. The summed E-state index contributed by atoms with van der Waals surface area (Å²) in [4.78, 5) is 0. The molecule has 1 saturated heterocycles. The topological polar surface area (TPSA) is 77.4 Å². The maximum absolute atomic E-state index is 8.08. The Labute approximate surface area is 129 Å². The van der Waals surface area contributed by atoms with Gasteiger partial charge in [-0.25, -0.2) is 0 Å². The third kappa shape index (κ3) is 13.3. The fourth-order valence-corrected chi connectivity index (χ4v) is 2.58. The Bertz CT molecular complexity index is 267. The van der Waals surface area contributed by atoms with Crippen molar-refractivity contribution in [1.29, 1.82) is 0 Å². The largest absolute Gasteiger partial charge is 0.366 e. The Morgan fingerprint density at radius 3 is 2.10 bits per heavy atom. The van der Waals surface area contributed by atoms with Gasteiger partial charge >= 0.3 is 0 Å². The molecule has 1 rings (SSSR count). The second kappa shape index (κ2) is 11.5. The lowest BCUT2D eigenvalue weighted by Crippen LogP contribution is -2.15. The zero-order chi connectivity index (χ0) is 16.3. The lowest BCUT2D eigenvalue weighted by molar-refractivity contribution is -0.127. The highest BCUT2D eigenvalue weighted by Crippen LogP contribution is 2.40. The smallest absolute Gasteiger partial charge is 0.197 e. The van der Waals surface area contributed by atoms with Crippen LogP contribution < -0.4 is 0 Å². The second-order valence-electron chi connectivity index (χ2n) is 4.87. The van der Waals surface area contributed by atoms with Crippen molar-refractivity contribution in [3.05, 3.63) is 11.9 Å². The maximum atomic E-state index is 8.08. The SMILES string of the molecule is CC(C)(O)O.CCOP(/C=C/C1CCC(OC)O1)OCC. The number of hydrogen-bond donors (Lipinski definition) is 2. The van der Waals surface area contributed by atoms with Gasteiger partial charge in [0.15, 0.2) is 20.5 Å². The van der Waals surface area contributed by atoms with Crippen LogP contribution in [0, 0.1) is 0 Å². The molecule has 0 aromatic heterocycles. The number of aliphatic hydroxyl groups is 2. The van der Waals surface area contributed by atoms with Crippen LogP contribution in [0.4, 0.5) is 0 Å². The molecule has 0 aromatic rings. The van der Waals surface area contributed by atoms with Gasteiger partial charge in [0.2, 0.25) is 0 Å². The van der Waals surface area contributed by atoms with E-state index in [1.54, 1.807) is 7.11 Å². The molecule has 1 aliphatic heterocycles. The van der Waals surface area contributed by atoms with Gasteiger partial charge in [-0.3, -0.25) is 0 Å². The molecule has 6 nitrogen and oxygen atoms in total. The molecule has 0 bridgehead atoms. The van der Waals surface area contributed by atoms with Gasteiger partial charge < -0.3 is 28.7 Å². The highest BCUT2D eigenvalue weighted by Gasteiger charge is 2.23. The lowest BCUT2D eigenvalue weighted by Gasteiger charge is -2.12. The predicted molar refractivity (Wildman–Crippen MR) is 82.7 cm³/mol. The van der Waals surface area contributed by atoms with Crippen LogP contribution in [-0.4, -0.2) is 48.7 Å². The third-order valence-electron chi connectivity index (χ3n) is 2.21. The molecule has 7 heteroatoms. The number of rotatable bonds is 7. The zero-order valence-corrected chi connectivity index (χ0v) is 14.5. The van der Waals surface area contributed by atoms with E-state index >= 15 is 0 Å². The summed E-state index contributed by atoms with van der Waals surface area (Å²) in [5.74, 6) is 0.477. The molecule has 2 atom stereocenters. The molecule has 0 saturated carbocycles. The fraction of sp³-hybridized carbons (Fsp3) is 0.857. The van der Waals surface area contributed by atoms with E-state index in [4.69, 9.17) is 28.7 Å². The van der Waals surface area contributed by atoms with E-state index in [0.29, 0.717) is 13.2 Å². The molecule has 2 N–H and O–H groups in total. The first-order valence-electron chi connectivity index (χ1n) is 7.16. The van der Waals surface area contributed by atoms with E-state index in [2.05, 4.69) is 0 Å². The number of ether oxygens (including phenoxy) is 2. The van der Waals surface area contributed by atoms with Crippen molar-refractivity contribution in [2.24, 2.45) is 0 Å². The molecule has 0 radical (unpaired) electrons. The standard InChI is InChI=1S/C11H21O4P.C3H8O2/c1-4-13-16(14-5-2)9-8-10-6-7-11(12-3)15-10;1-3(2,4)5/h8-11H,4-7H2,1-3H3;4-5H,1-2H3/b9-8+;. The Morgan fingerprint density at radius 1 is 1.19 bits per heavy atom. The summed E-state index contributed by atoms with van der Waals surface area (Å²) in [5, 5.41) is 16.2. The molecule has 0 spiro atoms. The van der Waals surface area contributed by atoms with Gasteiger partial charge in [0.1, 0.15) is 0 Å². The maximum Gasteiger partial charge on any atom is 0.197 e. The van der Waals surface area contributed by atoms with E-state index in [0.717, 1.165) is 12.8 Å². The summed E-state index contributed by atoms with van der Waals surface area (Å²) in [6, 6.07) is 0. The van der Waals surface area contributed by atoms with E-state index < -0.39 is 14.2 Å². The average Bonchev–Trinajstić information content (AvgIpc) is 2.82. The molecule has 0 amide bonds. The van der Waals surface area contributed by atoms with E-state index in [-0.39, 0.29) is 12.4 Å². The fourth-order valence-electron chi connectivity index (χ4n) is 1.49. The van der Waals surface area contributed by atoms with Gasteiger partial charge in [0.25, 0.3) is 0 Å². The molecular weight excluding hydrogens is 295 g/mol. The van der Waals surface area contributed by atoms with E-state index in [1.807, 2.05) is 25.7 Å². The first-order valence-corrected chi connectivity index (χ1v) is 8.41. The van der Waals surface area contributed by atoms with Gasteiger partial charge in [-0.15, -0.1) is 0 Å². The number of methoxy groups -OCH3 is 1. The second-order valence-corrected chi connectivity index (χ2v) is 6.26. The lowest BCUT2D eigenvalue weighted by atomic mass is 10.2. The number of hydrogen-bond acceptors (Lipinski definition) is 6. The molecule has 21 heavy (non-hydrogen) atoms. The summed E-state index contributed by atoms with van der Waals surface area (Å²) < 4.78 is 21.7. The highest BCUT2D eigenvalue weighted by atomic mass is 31.2. The van der Waals surface area contributed by atoms with Gasteiger partial charge in [-0.05, 0) is 39.9 Å². The van der Waals surface area contributed by atoms with Crippen LogP contribution in [0.25, 0.3) is 0 Å². The van der Waals surface area contributed by atoms with Crippen LogP contribution in [0.3, 0.4) is 0 Å². The molecule has 1 aliphatic rings. The Balaban J connectivity index is 0.000000690. The molecule has 2 unspecified atom stereocenters. The van der Waals surface area contributed by atoms with Crippen molar-refractivity contribution in [2.45, 2.75) is 58.7 Å². The van der Waals surface area contributed by atoms with E-state index in [9.17, 15) is 0 Å². The Hall–Kier alpha value is -0.0700. The average molecular weight is 324 g/mol. The summed E-state index contributed by atoms with van der Waals surface area (Å²) in [6.07, 6.45) is 4.05. The normalized spacial score (nSPS) is 22.7. The zero-order valence-electron chi connectivity index (χ0n) is 13.6. The molecule has 0 aliphatic carbocycles. The minimum absolute atomic E-state index is 0.0555. The Morgan fingerprint density at radius 2 is 1.71 bits per heavy atom. The van der Waals surface area contributed by atoms with Crippen LogP contribution in [0.2, 0.25) is 0 Å². The first-order chi connectivity index (χ1) is 9.80. The third-order valence-corrected chi connectivity index (χ3v) is 3.65. The van der Waals surface area contributed by atoms with Crippen molar-refractivity contribution in [1.82, 2.24) is 0 Å². The van der Waals surface area contributed by atoms with Crippen LogP contribution >= 0.6 is 8.38 Å². The monoisotopic (exact) mass is 324 g/mol. The van der Waals surface area contributed by atoms with Crippen LogP contribution in [0.5, 0.6) is 0 Å². The van der Waals surface area contributed by atoms with Crippen molar-refractivity contribution in [3.63, 3.8) is 0 Å². The predicted octanol–water partition coefficient (Wildman–Crippen LogP) is 2.74. The summed E-state index contributed by atoms with van der Waals surface area (Å²) >= 11 is 0. The van der Waals surface area contributed by atoms with Crippen molar-refractivity contribution < 1.29 is 28.7 Å². The van der Waals surface area contributed by atoms with E-state index in [1.165, 1.54) is 13.8 Å². The van der Waals surface area contributed by atoms with Gasteiger partial charge in [0.05, 0.1) is 19.3 Å². The first kappa shape index (κ1) is 20.9. The quantitative estimate of drug-likeness (QED) is 0.554. The van der Waals surface area contributed by atoms with Gasteiger partial charge in [-0.2, -0.15) is 0 Å². The summed E-state index contributed by atoms with van der Waals surface area (Å²) in [5.41, 5.74) is 0. The van der Waals surface area contributed by atoms with Gasteiger partial charge in [0, 0.05) is 13.5 Å². The van der Waals surface area contributed by atoms with Crippen LogP contribution in [0.1, 0.15) is 40.5 Å². The van der Waals surface area contributed by atoms with Crippen molar-refractivity contribution in [3.8, 4) is 0 Å². The molecule has 0 aromatic carbocycles. The van der Waals surface area contributed by atoms with Crippen LogP contribution in [0.15, 0.2) is 11.9 Å². The minimum Gasteiger partial charge on any atom is -0.366 e. The van der Waals surface area contributed by atoms with Crippen molar-refractivity contribution >= 4 is 8.38 Å². The van der Waals surface area contributed by atoms with Crippen molar-refractivity contribution in [2.75, 3.05) is 20.3 Å². The summed E-state index contributed by atoms with van der Waals surface area (Å²) in [6.45, 7) is 7.87. The van der Waals surface area contributed by atoms with Gasteiger partial charge in [-0.1, -0.05) is 6.08 Å². The minimum atomic E-state index is -1.50.